The summed E-state index contributed by atoms with van der Waals surface area (Å²) >= 11 is 6.64. The fourth-order valence-corrected chi connectivity index (χ4v) is 3.19. The van der Waals surface area contributed by atoms with E-state index in [0.717, 1.165) is 43.3 Å². The van der Waals surface area contributed by atoms with Gasteiger partial charge in [-0.2, -0.15) is 14.9 Å². The van der Waals surface area contributed by atoms with Gasteiger partial charge in [0.1, 0.15) is 0 Å². The number of rotatable bonds is 3. The summed E-state index contributed by atoms with van der Waals surface area (Å²) in [6, 6.07) is 8.03. The summed E-state index contributed by atoms with van der Waals surface area (Å²) in [5.41, 5.74) is 7.76. The Hall–Kier alpha value is -1.37. The van der Waals surface area contributed by atoms with Crippen LogP contribution in [-0.4, -0.2) is 53.0 Å². The van der Waals surface area contributed by atoms with Crippen molar-refractivity contribution in [3.05, 3.63) is 24.3 Å². The van der Waals surface area contributed by atoms with Crippen molar-refractivity contribution in [2.24, 2.45) is 10.7 Å². The van der Waals surface area contributed by atoms with E-state index in [-0.39, 0.29) is 15.8 Å². The lowest BCUT2D eigenvalue weighted by Gasteiger charge is -2.35. The van der Waals surface area contributed by atoms with Crippen LogP contribution in [0.4, 0.5) is 11.4 Å². The van der Waals surface area contributed by atoms with Gasteiger partial charge in [0.15, 0.2) is 10.3 Å². The van der Waals surface area contributed by atoms with Gasteiger partial charge < -0.3 is 20.9 Å². The maximum Gasteiger partial charge on any atom is 0.219 e. The Labute approximate surface area is 162 Å². The van der Waals surface area contributed by atoms with E-state index >= 15 is 0 Å². The Balaban J connectivity index is 0.00000312. The number of carbonyl (C=O) groups excluding carboxylic acids is 1. The van der Waals surface area contributed by atoms with Gasteiger partial charge in [-0.3, -0.25) is 4.79 Å². The van der Waals surface area contributed by atoms with E-state index < -0.39 is 0 Å². The first kappa shape index (κ1) is 21.7. The van der Waals surface area contributed by atoms with Crippen LogP contribution in [0.2, 0.25) is 0 Å². The first-order chi connectivity index (χ1) is 11.5. The molecule has 1 unspecified atom stereocenters. The number of carbonyl (C=O) groups is 1. The molecular weight excluding hydrogens is 373 g/mol. The molecule has 1 aromatic carbocycles. The van der Waals surface area contributed by atoms with E-state index in [9.17, 15) is 4.79 Å². The van der Waals surface area contributed by atoms with Crippen molar-refractivity contribution >= 4 is 61.4 Å². The van der Waals surface area contributed by atoms with Crippen molar-refractivity contribution in [3.8, 4) is 0 Å². The molecule has 1 heterocycles. The van der Waals surface area contributed by atoms with Gasteiger partial charge in [-0.05, 0) is 42.2 Å². The molecule has 1 saturated heterocycles. The number of amidine groups is 1. The van der Waals surface area contributed by atoms with Crippen LogP contribution in [0.15, 0.2) is 29.3 Å². The first-order valence-corrected chi connectivity index (χ1v) is 9.27. The predicted molar refractivity (Wildman–Crippen MR) is 118 cm³/mol. The lowest BCUT2D eigenvalue weighted by molar-refractivity contribution is -0.129. The fraction of sp³-hybridized carbons (Fsp3) is 0.438. The minimum atomic E-state index is 0. The maximum atomic E-state index is 11.4. The molecule has 0 spiro atoms. The van der Waals surface area contributed by atoms with Crippen LogP contribution in [0.25, 0.3) is 0 Å². The van der Waals surface area contributed by atoms with Crippen LogP contribution < -0.4 is 16.0 Å². The van der Waals surface area contributed by atoms with Gasteiger partial charge in [0.05, 0.1) is 0 Å². The summed E-state index contributed by atoms with van der Waals surface area (Å²) in [6.45, 7) is 6.86. The number of aliphatic imine (C=N–C) groups is 1. The molecule has 0 bridgehead atoms. The number of nitrogens with one attached hydrogen (secondary N) is 1. The topological polar surface area (TPSA) is 74.0 Å². The largest absolute Gasteiger partial charge is 0.378 e. The van der Waals surface area contributed by atoms with Crippen molar-refractivity contribution in [1.82, 2.24) is 4.90 Å². The van der Waals surface area contributed by atoms with Crippen molar-refractivity contribution < 1.29 is 4.79 Å². The van der Waals surface area contributed by atoms with Gasteiger partial charge in [-0.1, -0.05) is 18.7 Å². The van der Waals surface area contributed by atoms with Gasteiger partial charge in [0.25, 0.3) is 0 Å². The van der Waals surface area contributed by atoms with Crippen molar-refractivity contribution in [2.45, 2.75) is 13.8 Å². The number of benzene rings is 1. The standard InChI is InChI=1S/C16H23N5OS2.H3P/c1-3-24-15(17)19-16(23)18-13-4-6-14(7-5-13)21-10-8-20(9-11-21)12(2)22;/h4-7H,3,8-11H2,1-2H3,(H3,17,18,19,23);1H3. The normalized spacial score (nSPS) is 14.7. The van der Waals surface area contributed by atoms with Crippen LogP contribution in [0, 0.1) is 0 Å². The Kier molecular flexibility index (Phi) is 9.17. The van der Waals surface area contributed by atoms with Crippen molar-refractivity contribution in [1.29, 1.82) is 0 Å². The quantitative estimate of drug-likeness (QED) is 0.351. The number of nitrogens with zero attached hydrogens (tertiary/aromatic N) is 3. The summed E-state index contributed by atoms with van der Waals surface area (Å²) in [5.74, 6) is 1.01. The fourth-order valence-electron chi connectivity index (χ4n) is 2.47. The number of amides is 1. The third-order valence-electron chi connectivity index (χ3n) is 3.71. The van der Waals surface area contributed by atoms with Gasteiger partial charge in [-0.25, -0.2) is 0 Å². The van der Waals surface area contributed by atoms with E-state index in [0.29, 0.717) is 10.3 Å². The second-order valence-electron chi connectivity index (χ2n) is 5.35. The second-order valence-corrected chi connectivity index (χ2v) is 7.02. The highest BCUT2D eigenvalue weighted by atomic mass is 32.2. The highest BCUT2D eigenvalue weighted by Gasteiger charge is 2.18. The van der Waals surface area contributed by atoms with Crippen LogP contribution in [0.5, 0.6) is 0 Å². The minimum Gasteiger partial charge on any atom is -0.378 e. The maximum absolute atomic E-state index is 11.4. The third-order valence-corrected chi connectivity index (χ3v) is 4.58. The zero-order valence-corrected chi connectivity index (χ0v) is 17.7. The van der Waals surface area contributed by atoms with E-state index in [2.05, 4.69) is 15.2 Å². The molecule has 1 fully saturated rings. The third kappa shape index (κ3) is 6.80. The molecule has 2 rings (SSSR count). The molecule has 0 aliphatic carbocycles. The minimum absolute atomic E-state index is 0. The van der Waals surface area contributed by atoms with Crippen molar-refractivity contribution in [3.63, 3.8) is 0 Å². The number of hydrogen-bond acceptors (Lipinski definition) is 4. The Morgan fingerprint density at radius 1 is 1.28 bits per heavy atom. The van der Waals surface area contributed by atoms with Gasteiger partial charge in [0.2, 0.25) is 5.91 Å². The van der Waals surface area contributed by atoms with E-state index in [1.54, 1.807) is 6.92 Å². The van der Waals surface area contributed by atoms with E-state index in [1.165, 1.54) is 11.8 Å². The number of thiocarbonyl (C=S) groups is 1. The molecule has 1 amide bonds. The molecular formula is C16H26N5OPS2. The molecule has 25 heavy (non-hydrogen) atoms. The van der Waals surface area contributed by atoms with Gasteiger partial charge >= 0.3 is 0 Å². The molecule has 0 saturated carbocycles. The number of thioether (sulfide) groups is 1. The zero-order valence-electron chi connectivity index (χ0n) is 14.7. The number of nitrogens with two attached hydrogens (primary N) is 1. The van der Waals surface area contributed by atoms with Crippen LogP contribution in [0.3, 0.4) is 0 Å². The van der Waals surface area contributed by atoms with Crippen LogP contribution in [-0.2, 0) is 4.79 Å². The van der Waals surface area contributed by atoms with Crippen LogP contribution in [0.1, 0.15) is 13.8 Å². The molecule has 1 aliphatic rings. The summed E-state index contributed by atoms with van der Waals surface area (Å²) in [4.78, 5) is 19.7. The molecule has 138 valence electrons. The zero-order chi connectivity index (χ0) is 17.5. The summed E-state index contributed by atoms with van der Waals surface area (Å²) in [7, 11) is 0. The molecule has 1 aromatic rings. The second kappa shape index (κ2) is 10.6. The lowest BCUT2D eigenvalue weighted by atomic mass is 10.2. The molecule has 6 nitrogen and oxygen atoms in total. The summed E-state index contributed by atoms with van der Waals surface area (Å²) in [6.07, 6.45) is 0. The number of hydrogen-bond donors (Lipinski definition) is 2. The highest BCUT2D eigenvalue weighted by molar-refractivity contribution is 8.13. The molecule has 3 N–H and O–H groups in total. The van der Waals surface area contributed by atoms with E-state index in [1.807, 2.05) is 36.1 Å². The van der Waals surface area contributed by atoms with Crippen LogP contribution >= 0.6 is 33.9 Å². The molecule has 1 aliphatic heterocycles. The molecule has 9 heteroatoms. The van der Waals surface area contributed by atoms with Gasteiger partial charge in [0, 0.05) is 44.5 Å². The number of piperazine rings is 1. The average Bonchev–Trinajstić information content (AvgIpc) is 2.55. The van der Waals surface area contributed by atoms with E-state index in [4.69, 9.17) is 18.0 Å². The monoisotopic (exact) mass is 399 g/mol. The van der Waals surface area contributed by atoms with Gasteiger partial charge in [-0.15, -0.1) is 0 Å². The number of anilines is 2. The average molecular weight is 400 g/mol. The highest BCUT2D eigenvalue weighted by Crippen LogP contribution is 2.19. The Morgan fingerprint density at radius 2 is 1.88 bits per heavy atom. The summed E-state index contributed by atoms with van der Waals surface area (Å²) in [5, 5.41) is 3.89. The predicted octanol–water partition coefficient (Wildman–Crippen LogP) is 2.18. The molecule has 1 atom stereocenters. The SMILES string of the molecule is CCSC(N)=NC(=S)Nc1ccc(N2CCN(C(C)=O)CC2)cc1.P. The Morgan fingerprint density at radius 3 is 2.40 bits per heavy atom. The lowest BCUT2D eigenvalue weighted by Crippen LogP contribution is -2.48. The smallest absolute Gasteiger partial charge is 0.219 e. The Bertz CT molecular complexity index is 615. The first-order valence-electron chi connectivity index (χ1n) is 7.88. The molecule has 0 aromatic heterocycles. The van der Waals surface area contributed by atoms with Crippen molar-refractivity contribution in [2.75, 3.05) is 42.1 Å². The summed E-state index contributed by atoms with van der Waals surface area (Å²) < 4.78 is 0. The molecule has 0 radical (unpaired) electrons.